The van der Waals surface area contributed by atoms with E-state index in [1.807, 2.05) is 0 Å². The van der Waals surface area contributed by atoms with Crippen LogP contribution in [0.3, 0.4) is 0 Å². The zero-order chi connectivity index (χ0) is 31.8. The monoisotopic (exact) mass is 603 g/mol. The number of carbonyl (C=O) groups excluding carboxylic acids is 5. The first-order chi connectivity index (χ1) is 20.5. The minimum Gasteiger partial charge on any atom is -0.481 e. The smallest absolute Gasteiger partial charge is 0.305 e. The van der Waals surface area contributed by atoms with E-state index in [0.29, 0.717) is 31.4 Å². The molecule has 16 heteroatoms. The van der Waals surface area contributed by atoms with Gasteiger partial charge >= 0.3 is 5.97 Å². The van der Waals surface area contributed by atoms with Gasteiger partial charge in [-0.1, -0.05) is 30.3 Å². The quantitative estimate of drug-likeness (QED) is 0.0661. The summed E-state index contributed by atoms with van der Waals surface area (Å²) in [6, 6.07) is 3.75. The Kier molecular flexibility index (Phi) is 14.4. The minimum absolute atomic E-state index is 0.0107. The Balaban J connectivity index is 2.44. The molecule has 1 aliphatic heterocycles. The average molecular weight is 604 g/mol. The molecule has 1 aliphatic rings. The number of unbranched alkanes of at least 4 members (excludes halogenated alkanes) is 1. The Labute approximate surface area is 249 Å². The molecule has 5 amide bonds. The molecule has 0 aliphatic carbocycles. The van der Waals surface area contributed by atoms with Crippen molar-refractivity contribution >= 4 is 41.5 Å². The van der Waals surface area contributed by atoms with Crippen molar-refractivity contribution in [2.75, 3.05) is 19.6 Å². The molecule has 0 radical (unpaired) electrons. The maximum absolute atomic E-state index is 13.6. The molecule has 0 saturated carbocycles. The van der Waals surface area contributed by atoms with Crippen LogP contribution < -0.4 is 43.8 Å². The van der Waals surface area contributed by atoms with Gasteiger partial charge in [0.25, 0.3) is 0 Å². The first-order valence-corrected chi connectivity index (χ1v) is 14.0. The van der Waals surface area contributed by atoms with Gasteiger partial charge in [-0.25, -0.2) is 0 Å². The topological polar surface area (TPSA) is 273 Å². The van der Waals surface area contributed by atoms with Gasteiger partial charge in [-0.05, 0) is 44.2 Å². The minimum atomic E-state index is -1.55. The van der Waals surface area contributed by atoms with Crippen LogP contribution >= 0.6 is 0 Å². The highest BCUT2D eigenvalue weighted by molar-refractivity contribution is 5.98. The number of nitrogens with one attached hydrogen (secondary N) is 5. The summed E-state index contributed by atoms with van der Waals surface area (Å²) in [5.74, 6) is -5.36. The van der Waals surface area contributed by atoms with Gasteiger partial charge in [0, 0.05) is 13.0 Å². The summed E-state index contributed by atoms with van der Waals surface area (Å²) in [5.41, 5.74) is 17.0. The fourth-order valence-corrected chi connectivity index (χ4v) is 4.33. The van der Waals surface area contributed by atoms with E-state index in [2.05, 4.69) is 31.6 Å². The highest BCUT2D eigenvalue weighted by Gasteiger charge is 2.33. The molecule has 236 valence electrons. The largest absolute Gasteiger partial charge is 0.481 e. The number of carboxylic acid groups (broad SMARTS) is 1. The number of carbonyl (C=O) groups is 6. The first kappa shape index (κ1) is 34.5. The van der Waals surface area contributed by atoms with E-state index >= 15 is 0 Å². The number of nitrogens with zero attached hydrogens (tertiary/aromatic N) is 1. The molecule has 1 heterocycles. The molecule has 12 N–H and O–H groups in total. The lowest BCUT2D eigenvalue weighted by Crippen LogP contribution is -2.58. The van der Waals surface area contributed by atoms with Crippen molar-refractivity contribution in [2.24, 2.45) is 22.2 Å². The van der Waals surface area contributed by atoms with E-state index in [0.717, 1.165) is 0 Å². The highest BCUT2D eigenvalue weighted by atomic mass is 16.4. The maximum Gasteiger partial charge on any atom is 0.305 e. The number of aliphatic carboxylic acids is 1. The van der Waals surface area contributed by atoms with Gasteiger partial charge in [-0.3, -0.25) is 33.8 Å². The van der Waals surface area contributed by atoms with Crippen molar-refractivity contribution < 1.29 is 33.9 Å². The SMILES string of the molecule is NCCCCC1NC(=O)C(Cc2ccccc2)NC(=O)[C@@H](CC(=O)O)NC(=O)CNC(=O)[C@H](CCCN=C(N)N)NC1=O. The third-order valence-corrected chi connectivity index (χ3v) is 6.53. The molecule has 1 fully saturated rings. The summed E-state index contributed by atoms with van der Waals surface area (Å²) in [4.78, 5) is 81.1. The molecule has 2 rings (SSSR count). The van der Waals surface area contributed by atoms with Crippen LogP contribution in [0, 0.1) is 0 Å². The number of guanidine groups is 1. The van der Waals surface area contributed by atoms with Crippen molar-refractivity contribution in [3.63, 3.8) is 0 Å². The van der Waals surface area contributed by atoms with Crippen molar-refractivity contribution in [1.82, 2.24) is 26.6 Å². The van der Waals surface area contributed by atoms with E-state index in [1.54, 1.807) is 30.3 Å². The fourth-order valence-electron chi connectivity index (χ4n) is 4.33. The third-order valence-electron chi connectivity index (χ3n) is 6.53. The average Bonchev–Trinajstić information content (AvgIpc) is 2.95. The second-order valence-corrected chi connectivity index (χ2v) is 10.0. The summed E-state index contributed by atoms with van der Waals surface area (Å²) >= 11 is 0. The van der Waals surface area contributed by atoms with Crippen molar-refractivity contribution in [3.05, 3.63) is 35.9 Å². The summed E-state index contributed by atoms with van der Waals surface area (Å²) < 4.78 is 0. The lowest BCUT2D eigenvalue weighted by atomic mass is 10.0. The predicted octanol–water partition coefficient (Wildman–Crippen LogP) is -3.04. The van der Waals surface area contributed by atoms with E-state index in [9.17, 15) is 33.9 Å². The van der Waals surface area contributed by atoms with Gasteiger partial charge in [0.05, 0.1) is 13.0 Å². The van der Waals surface area contributed by atoms with Gasteiger partial charge in [0.15, 0.2) is 5.96 Å². The molecule has 4 atom stereocenters. The van der Waals surface area contributed by atoms with Crippen molar-refractivity contribution in [2.45, 2.75) is 69.1 Å². The number of hydrogen-bond donors (Lipinski definition) is 9. The molecular formula is C27H41N9O7. The van der Waals surface area contributed by atoms with Crippen LogP contribution in [0.1, 0.15) is 44.1 Å². The number of hydrogen-bond acceptors (Lipinski definition) is 8. The Hall–Kier alpha value is -4.73. The molecule has 0 aromatic heterocycles. The molecule has 1 saturated heterocycles. The van der Waals surface area contributed by atoms with Crippen LogP contribution in [0.2, 0.25) is 0 Å². The summed E-state index contributed by atoms with van der Waals surface area (Å²) in [6.07, 6.45) is 0.854. The molecule has 1 aromatic carbocycles. The van der Waals surface area contributed by atoms with Gasteiger partial charge in [0.1, 0.15) is 24.2 Å². The van der Waals surface area contributed by atoms with Crippen molar-refractivity contribution in [1.29, 1.82) is 0 Å². The normalized spacial score (nSPS) is 22.0. The van der Waals surface area contributed by atoms with Crippen LogP contribution in [-0.4, -0.2) is 90.4 Å². The lowest BCUT2D eigenvalue weighted by molar-refractivity contribution is -0.141. The fraction of sp³-hybridized carbons (Fsp3) is 0.519. The second kappa shape index (κ2) is 17.9. The summed E-state index contributed by atoms with van der Waals surface area (Å²) in [5, 5.41) is 21.9. The van der Waals surface area contributed by atoms with Crippen LogP contribution in [0.25, 0.3) is 0 Å². The molecule has 1 aromatic rings. The van der Waals surface area contributed by atoms with E-state index in [-0.39, 0.29) is 31.8 Å². The standard InChI is InChI=1S/C27H41N9O7/c28-11-5-4-9-18-24(41)34-17(10-6-12-31-27(29)30)23(40)32-15-21(37)33-20(14-22(38)39)26(43)36-19(25(42)35-18)13-16-7-2-1-3-8-16/h1-3,7-8,17-20H,4-6,9-15,28H2,(H,32,40)(H,33,37)(H,34,41)(H,35,42)(H,36,43)(H,38,39)(H4,29,30,31)/t17-,18?,19?,20+/m0/s1. The zero-order valence-corrected chi connectivity index (χ0v) is 23.8. The molecule has 0 bridgehead atoms. The lowest BCUT2D eigenvalue weighted by Gasteiger charge is -2.26. The van der Waals surface area contributed by atoms with Crippen LogP contribution in [0.4, 0.5) is 0 Å². The Morgan fingerprint density at radius 3 is 2.00 bits per heavy atom. The third kappa shape index (κ3) is 12.8. The number of benzene rings is 1. The molecule has 2 unspecified atom stereocenters. The van der Waals surface area contributed by atoms with Crippen LogP contribution in [-0.2, 0) is 35.2 Å². The Morgan fingerprint density at radius 2 is 1.37 bits per heavy atom. The van der Waals surface area contributed by atoms with Gasteiger partial charge < -0.3 is 48.9 Å². The van der Waals surface area contributed by atoms with E-state index in [1.165, 1.54) is 0 Å². The summed E-state index contributed by atoms with van der Waals surface area (Å²) in [7, 11) is 0. The number of nitrogens with two attached hydrogens (primary N) is 3. The predicted molar refractivity (Wildman–Crippen MR) is 156 cm³/mol. The molecule has 0 spiro atoms. The Bertz CT molecular complexity index is 1160. The number of amides is 5. The van der Waals surface area contributed by atoms with Gasteiger partial charge in [-0.2, -0.15) is 0 Å². The number of aliphatic imine (C=N–C) groups is 1. The highest BCUT2D eigenvalue weighted by Crippen LogP contribution is 2.09. The maximum atomic E-state index is 13.6. The van der Waals surface area contributed by atoms with Gasteiger partial charge in [0.2, 0.25) is 29.5 Å². The van der Waals surface area contributed by atoms with Crippen LogP contribution in [0.5, 0.6) is 0 Å². The van der Waals surface area contributed by atoms with E-state index in [4.69, 9.17) is 17.2 Å². The Morgan fingerprint density at radius 1 is 0.791 bits per heavy atom. The van der Waals surface area contributed by atoms with Gasteiger partial charge in [-0.15, -0.1) is 0 Å². The second-order valence-electron chi connectivity index (χ2n) is 10.0. The van der Waals surface area contributed by atoms with E-state index < -0.39 is 72.6 Å². The molecule has 43 heavy (non-hydrogen) atoms. The van der Waals surface area contributed by atoms with Crippen molar-refractivity contribution in [3.8, 4) is 0 Å². The van der Waals surface area contributed by atoms with Crippen LogP contribution in [0.15, 0.2) is 35.3 Å². The zero-order valence-electron chi connectivity index (χ0n) is 23.8. The molecule has 16 nitrogen and oxygen atoms in total. The first-order valence-electron chi connectivity index (χ1n) is 14.0. The number of carboxylic acids is 1. The number of rotatable bonds is 12. The molecular weight excluding hydrogens is 562 g/mol. The summed E-state index contributed by atoms with van der Waals surface area (Å²) in [6.45, 7) is -0.0746.